The first-order chi connectivity index (χ1) is 8.36. The zero-order valence-electron chi connectivity index (χ0n) is 10.5. The first-order valence-electron chi connectivity index (χ1n) is 6.14. The number of hydrogen-bond donors (Lipinski definition) is 1. The van der Waals surface area contributed by atoms with Crippen LogP contribution in [0, 0.1) is 0 Å². The van der Waals surface area contributed by atoms with Crippen LogP contribution in [0.3, 0.4) is 0 Å². The zero-order chi connectivity index (χ0) is 12.1. The maximum atomic E-state index is 5.86. The van der Waals surface area contributed by atoms with E-state index in [0.717, 1.165) is 36.4 Å². The highest BCUT2D eigenvalue weighted by atomic mass is 16.5. The van der Waals surface area contributed by atoms with E-state index < -0.39 is 0 Å². The molecule has 3 heteroatoms. The van der Waals surface area contributed by atoms with Crippen LogP contribution in [0.25, 0.3) is 11.0 Å². The van der Waals surface area contributed by atoms with Gasteiger partial charge in [-0.15, -0.1) is 0 Å². The maximum Gasteiger partial charge on any atom is 0.134 e. The quantitative estimate of drug-likeness (QED) is 0.832. The standard InChI is InChI=1S/C14H19NO2/c1-3-15-9-14-12(10-16-4-2)11-7-5-6-8-13(11)17-14/h5-8,15H,3-4,9-10H2,1-2H3. The van der Waals surface area contributed by atoms with Gasteiger partial charge in [0.2, 0.25) is 0 Å². The summed E-state index contributed by atoms with van der Waals surface area (Å²) in [5.41, 5.74) is 2.11. The zero-order valence-corrected chi connectivity index (χ0v) is 10.5. The molecule has 0 amide bonds. The Morgan fingerprint density at radius 3 is 2.82 bits per heavy atom. The number of furan rings is 1. The van der Waals surface area contributed by atoms with Crippen molar-refractivity contribution in [1.29, 1.82) is 0 Å². The number of benzene rings is 1. The average molecular weight is 233 g/mol. The van der Waals surface area contributed by atoms with Crippen molar-refractivity contribution < 1.29 is 9.15 Å². The molecule has 0 atom stereocenters. The van der Waals surface area contributed by atoms with Crippen molar-refractivity contribution in [3.8, 4) is 0 Å². The van der Waals surface area contributed by atoms with E-state index in [1.165, 1.54) is 5.56 Å². The van der Waals surface area contributed by atoms with Crippen molar-refractivity contribution in [2.75, 3.05) is 13.2 Å². The summed E-state index contributed by atoms with van der Waals surface area (Å²) in [4.78, 5) is 0. The molecule has 17 heavy (non-hydrogen) atoms. The molecule has 1 aromatic heterocycles. The average Bonchev–Trinajstić information content (AvgIpc) is 2.71. The summed E-state index contributed by atoms with van der Waals surface area (Å²) in [5.74, 6) is 0.988. The van der Waals surface area contributed by atoms with Crippen molar-refractivity contribution in [3.63, 3.8) is 0 Å². The largest absolute Gasteiger partial charge is 0.459 e. The normalized spacial score (nSPS) is 11.2. The Hall–Kier alpha value is -1.32. The van der Waals surface area contributed by atoms with Gasteiger partial charge >= 0.3 is 0 Å². The first kappa shape index (κ1) is 12.1. The Bertz CT molecular complexity index is 476. The van der Waals surface area contributed by atoms with E-state index in [1.54, 1.807) is 0 Å². The van der Waals surface area contributed by atoms with E-state index in [4.69, 9.17) is 9.15 Å². The van der Waals surface area contributed by atoms with Crippen LogP contribution in [0.5, 0.6) is 0 Å². The van der Waals surface area contributed by atoms with Crippen LogP contribution in [0.15, 0.2) is 28.7 Å². The molecule has 0 aliphatic rings. The molecule has 3 nitrogen and oxygen atoms in total. The Morgan fingerprint density at radius 2 is 2.06 bits per heavy atom. The molecular formula is C14H19NO2. The fraction of sp³-hybridized carbons (Fsp3) is 0.429. The van der Waals surface area contributed by atoms with Gasteiger partial charge in [-0.2, -0.15) is 0 Å². The molecule has 2 aromatic rings. The van der Waals surface area contributed by atoms with Crippen molar-refractivity contribution in [2.24, 2.45) is 0 Å². The van der Waals surface area contributed by atoms with Gasteiger partial charge in [-0.1, -0.05) is 25.1 Å². The number of fused-ring (bicyclic) bond motifs is 1. The maximum absolute atomic E-state index is 5.86. The first-order valence-corrected chi connectivity index (χ1v) is 6.14. The molecule has 92 valence electrons. The smallest absolute Gasteiger partial charge is 0.134 e. The van der Waals surface area contributed by atoms with Gasteiger partial charge in [0.25, 0.3) is 0 Å². The highest BCUT2D eigenvalue weighted by molar-refractivity contribution is 5.82. The number of ether oxygens (including phenoxy) is 1. The minimum atomic E-state index is 0.619. The molecule has 0 aliphatic carbocycles. The fourth-order valence-electron chi connectivity index (χ4n) is 1.89. The summed E-state index contributed by atoms with van der Waals surface area (Å²) in [6.07, 6.45) is 0. The molecule has 0 saturated carbocycles. The Morgan fingerprint density at radius 1 is 1.24 bits per heavy atom. The number of hydrogen-bond acceptors (Lipinski definition) is 3. The van der Waals surface area contributed by atoms with Crippen molar-refractivity contribution in [1.82, 2.24) is 5.32 Å². The van der Waals surface area contributed by atoms with E-state index in [-0.39, 0.29) is 0 Å². The van der Waals surface area contributed by atoms with E-state index in [2.05, 4.69) is 18.3 Å². The van der Waals surface area contributed by atoms with Gasteiger partial charge in [0.15, 0.2) is 0 Å². The Labute approximate surface area is 102 Å². The SMILES string of the molecule is CCNCc1oc2ccccc2c1COCC. The monoisotopic (exact) mass is 233 g/mol. The fourth-order valence-corrected chi connectivity index (χ4v) is 1.89. The third-order valence-corrected chi connectivity index (χ3v) is 2.77. The number of rotatable bonds is 6. The lowest BCUT2D eigenvalue weighted by molar-refractivity contribution is 0.133. The van der Waals surface area contributed by atoms with E-state index in [0.29, 0.717) is 6.61 Å². The van der Waals surface area contributed by atoms with Gasteiger partial charge in [-0.25, -0.2) is 0 Å². The Kier molecular flexibility index (Phi) is 4.18. The van der Waals surface area contributed by atoms with Crippen LogP contribution in [0.4, 0.5) is 0 Å². The van der Waals surface area contributed by atoms with Crippen molar-refractivity contribution >= 4 is 11.0 Å². The Balaban J connectivity index is 2.34. The molecule has 0 aliphatic heterocycles. The third-order valence-electron chi connectivity index (χ3n) is 2.77. The molecule has 1 aromatic carbocycles. The summed E-state index contributed by atoms with van der Waals surface area (Å²) in [5, 5.41) is 4.45. The van der Waals surface area contributed by atoms with Crippen LogP contribution in [-0.4, -0.2) is 13.2 Å². The van der Waals surface area contributed by atoms with Crippen molar-refractivity contribution in [2.45, 2.75) is 27.0 Å². The number of para-hydroxylation sites is 1. The van der Waals surface area contributed by atoms with Crippen LogP contribution in [0.2, 0.25) is 0 Å². The lowest BCUT2D eigenvalue weighted by Gasteiger charge is -2.03. The highest BCUT2D eigenvalue weighted by Gasteiger charge is 2.12. The molecule has 2 rings (SSSR count). The van der Waals surface area contributed by atoms with Gasteiger partial charge in [0.1, 0.15) is 11.3 Å². The number of nitrogens with one attached hydrogen (secondary N) is 1. The molecule has 0 radical (unpaired) electrons. The van der Waals surface area contributed by atoms with Crippen LogP contribution in [-0.2, 0) is 17.9 Å². The third kappa shape index (κ3) is 2.68. The predicted octanol–water partition coefficient (Wildman–Crippen LogP) is 3.08. The van der Waals surface area contributed by atoms with Crippen molar-refractivity contribution in [3.05, 3.63) is 35.6 Å². The summed E-state index contributed by atoms with van der Waals surface area (Å²) < 4.78 is 11.4. The topological polar surface area (TPSA) is 34.4 Å². The van der Waals surface area contributed by atoms with Gasteiger partial charge < -0.3 is 14.5 Å². The van der Waals surface area contributed by atoms with Crippen LogP contribution >= 0.6 is 0 Å². The summed E-state index contributed by atoms with van der Waals surface area (Å²) >= 11 is 0. The second-order valence-corrected chi connectivity index (χ2v) is 3.92. The molecule has 0 fully saturated rings. The van der Waals surface area contributed by atoms with Gasteiger partial charge in [-0.05, 0) is 19.5 Å². The lowest BCUT2D eigenvalue weighted by Crippen LogP contribution is -2.12. The van der Waals surface area contributed by atoms with Gasteiger partial charge in [0, 0.05) is 17.6 Å². The second-order valence-electron chi connectivity index (χ2n) is 3.92. The highest BCUT2D eigenvalue weighted by Crippen LogP contribution is 2.26. The molecule has 0 saturated heterocycles. The summed E-state index contributed by atoms with van der Waals surface area (Å²) in [6.45, 7) is 7.13. The predicted molar refractivity (Wildman–Crippen MR) is 68.9 cm³/mol. The minimum Gasteiger partial charge on any atom is -0.459 e. The summed E-state index contributed by atoms with van der Waals surface area (Å²) in [7, 11) is 0. The van der Waals surface area contributed by atoms with Crippen LogP contribution < -0.4 is 5.32 Å². The molecule has 0 unspecified atom stereocenters. The summed E-state index contributed by atoms with van der Waals surface area (Å²) in [6, 6.07) is 8.11. The molecule has 1 heterocycles. The van der Waals surface area contributed by atoms with Gasteiger partial charge in [-0.3, -0.25) is 0 Å². The second kappa shape index (κ2) is 5.84. The van der Waals surface area contributed by atoms with Crippen LogP contribution in [0.1, 0.15) is 25.2 Å². The van der Waals surface area contributed by atoms with E-state index in [1.807, 2.05) is 25.1 Å². The molecule has 0 spiro atoms. The van der Waals surface area contributed by atoms with Gasteiger partial charge in [0.05, 0.1) is 13.2 Å². The van der Waals surface area contributed by atoms with E-state index in [9.17, 15) is 0 Å². The molecular weight excluding hydrogens is 214 g/mol. The molecule has 0 bridgehead atoms. The lowest BCUT2D eigenvalue weighted by atomic mass is 10.1. The molecule has 1 N–H and O–H groups in total. The minimum absolute atomic E-state index is 0.619. The van der Waals surface area contributed by atoms with E-state index >= 15 is 0 Å².